The lowest BCUT2D eigenvalue weighted by molar-refractivity contribution is -0.161. The molecule has 0 aliphatic rings. The van der Waals surface area contributed by atoms with Crippen molar-refractivity contribution >= 4 is 39.5 Å². The number of aliphatic hydroxyl groups excluding tert-OH is 1. The molecule has 0 rings (SSSR count). The van der Waals surface area contributed by atoms with Crippen LogP contribution in [0.5, 0.6) is 0 Å². The minimum atomic E-state index is -4.96. The summed E-state index contributed by atoms with van der Waals surface area (Å²) in [5.41, 5.74) is 0. The van der Waals surface area contributed by atoms with E-state index < -0.39 is 97.5 Å². The van der Waals surface area contributed by atoms with Gasteiger partial charge in [-0.15, -0.1) is 0 Å². The average Bonchev–Trinajstić information content (AvgIpc) is 1.78. The van der Waals surface area contributed by atoms with Crippen molar-refractivity contribution in [1.82, 2.24) is 0 Å². The Bertz CT molecular complexity index is 1890. The molecule has 99 heavy (non-hydrogen) atoms. The molecule has 0 heterocycles. The van der Waals surface area contributed by atoms with Crippen LogP contribution in [-0.2, 0) is 65.4 Å². The third-order valence-corrected chi connectivity index (χ3v) is 21.0. The molecule has 0 fully saturated rings. The summed E-state index contributed by atoms with van der Waals surface area (Å²) in [5, 5.41) is 10.6. The summed E-state index contributed by atoms with van der Waals surface area (Å²) in [4.78, 5) is 73.0. The van der Waals surface area contributed by atoms with Crippen molar-refractivity contribution in [2.24, 2.45) is 5.92 Å². The molecule has 588 valence electrons. The van der Waals surface area contributed by atoms with E-state index in [1.165, 1.54) is 250 Å². The Hall–Kier alpha value is -1.94. The third kappa shape index (κ3) is 72.8. The maximum absolute atomic E-state index is 13.1. The molecule has 0 saturated heterocycles. The van der Waals surface area contributed by atoms with Crippen molar-refractivity contribution < 1.29 is 80.2 Å². The van der Waals surface area contributed by atoms with E-state index in [-0.39, 0.29) is 25.7 Å². The predicted octanol–water partition coefficient (Wildman–Crippen LogP) is 24.0. The molecule has 0 amide bonds. The predicted molar refractivity (Wildman–Crippen MR) is 405 cm³/mol. The number of hydrogen-bond acceptors (Lipinski definition) is 15. The largest absolute Gasteiger partial charge is 0.472 e. The topological polar surface area (TPSA) is 237 Å². The maximum atomic E-state index is 13.1. The highest BCUT2D eigenvalue weighted by Crippen LogP contribution is 2.45. The zero-order valence-corrected chi connectivity index (χ0v) is 66.4. The lowest BCUT2D eigenvalue weighted by Gasteiger charge is -2.21. The van der Waals surface area contributed by atoms with Gasteiger partial charge in [-0.3, -0.25) is 37.3 Å². The Kier molecular flexibility index (Phi) is 71.6. The Morgan fingerprint density at radius 2 is 0.485 bits per heavy atom. The van der Waals surface area contributed by atoms with Crippen molar-refractivity contribution in [3.05, 3.63) is 0 Å². The van der Waals surface area contributed by atoms with Gasteiger partial charge in [0.05, 0.1) is 26.4 Å². The lowest BCUT2D eigenvalue weighted by atomic mass is 9.99. The van der Waals surface area contributed by atoms with Crippen LogP contribution in [0.15, 0.2) is 0 Å². The molecule has 3 unspecified atom stereocenters. The quantitative estimate of drug-likeness (QED) is 0.0222. The summed E-state index contributed by atoms with van der Waals surface area (Å²) in [6.07, 6.45) is 63.6. The Morgan fingerprint density at radius 1 is 0.283 bits per heavy atom. The first-order valence-corrected chi connectivity index (χ1v) is 44.7. The van der Waals surface area contributed by atoms with Gasteiger partial charge in [0, 0.05) is 25.7 Å². The summed E-state index contributed by atoms with van der Waals surface area (Å²) in [7, 11) is -9.92. The molecule has 0 aliphatic heterocycles. The molecule has 19 heteroatoms. The van der Waals surface area contributed by atoms with Crippen molar-refractivity contribution in [1.29, 1.82) is 0 Å². The second kappa shape index (κ2) is 73.0. The minimum absolute atomic E-state index is 0.107. The fourth-order valence-corrected chi connectivity index (χ4v) is 14.0. The summed E-state index contributed by atoms with van der Waals surface area (Å²) in [6, 6.07) is 0. The molecule has 0 bridgehead atoms. The van der Waals surface area contributed by atoms with Gasteiger partial charge in [0.2, 0.25) is 0 Å². The van der Waals surface area contributed by atoms with E-state index in [4.69, 9.17) is 37.0 Å². The van der Waals surface area contributed by atoms with Crippen molar-refractivity contribution in [3.8, 4) is 0 Å². The highest BCUT2D eigenvalue weighted by atomic mass is 31.2. The number of phosphoric ester groups is 2. The van der Waals surface area contributed by atoms with Gasteiger partial charge in [0.25, 0.3) is 0 Å². The van der Waals surface area contributed by atoms with Crippen molar-refractivity contribution in [2.75, 3.05) is 39.6 Å². The fourth-order valence-electron chi connectivity index (χ4n) is 12.4. The van der Waals surface area contributed by atoms with Gasteiger partial charge in [0.15, 0.2) is 12.2 Å². The van der Waals surface area contributed by atoms with Gasteiger partial charge in [-0.1, -0.05) is 375 Å². The zero-order chi connectivity index (χ0) is 72.7. The number of rotatable bonds is 80. The molecule has 0 aliphatic carbocycles. The number of carbonyl (C=O) groups is 4. The van der Waals surface area contributed by atoms with Crippen LogP contribution >= 0.6 is 15.6 Å². The van der Waals surface area contributed by atoms with Gasteiger partial charge in [-0.05, 0) is 31.6 Å². The Labute approximate surface area is 607 Å². The number of unbranched alkanes of at least 4 members (excludes halogenated alkanes) is 51. The van der Waals surface area contributed by atoms with Crippen LogP contribution in [0, 0.1) is 5.92 Å². The number of phosphoric acid groups is 2. The van der Waals surface area contributed by atoms with Crippen LogP contribution in [0.25, 0.3) is 0 Å². The van der Waals surface area contributed by atoms with Gasteiger partial charge >= 0.3 is 39.5 Å². The van der Waals surface area contributed by atoms with Crippen LogP contribution in [-0.4, -0.2) is 96.7 Å². The Balaban J connectivity index is 5.25. The first kappa shape index (κ1) is 97.1. The van der Waals surface area contributed by atoms with E-state index in [0.29, 0.717) is 25.7 Å². The van der Waals surface area contributed by atoms with Gasteiger partial charge in [-0.25, -0.2) is 9.13 Å². The molecule has 17 nitrogen and oxygen atoms in total. The van der Waals surface area contributed by atoms with Crippen molar-refractivity contribution in [2.45, 2.75) is 445 Å². The molecule has 0 spiro atoms. The lowest BCUT2D eigenvalue weighted by Crippen LogP contribution is -2.30. The number of esters is 4. The number of carbonyl (C=O) groups excluding carboxylic acids is 4. The monoisotopic (exact) mass is 1450 g/mol. The van der Waals surface area contributed by atoms with Gasteiger partial charge in [0.1, 0.15) is 19.3 Å². The van der Waals surface area contributed by atoms with Crippen molar-refractivity contribution in [3.63, 3.8) is 0 Å². The molecular formula is C80H156O17P2. The normalized spacial score (nSPS) is 14.1. The Morgan fingerprint density at radius 3 is 0.717 bits per heavy atom. The van der Waals surface area contributed by atoms with E-state index in [9.17, 15) is 43.2 Å². The van der Waals surface area contributed by atoms with Gasteiger partial charge in [-0.2, -0.15) is 0 Å². The highest BCUT2D eigenvalue weighted by molar-refractivity contribution is 7.47. The summed E-state index contributed by atoms with van der Waals surface area (Å²) < 4.78 is 68.7. The number of aliphatic hydroxyl groups is 1. The maximum Gasteiger partial charge on any atom is 0.472 e. The fraction of sp³-hybridized carbons (Fsp3) is 0.950. The second-order valence-corrected chi connectivity index (χ2v) is 32.0. The number of ether oxygens (including phenoxy) is 4. The van der Waals surface area contributed by atoms with Crippen LogP contribution in [0.1, 0.15) is 426 Å². The molecule has 0 aromatic carbocycles. The van der Waals surface area contributed by atoms with E-state index in [0.717, 1.165) is 95.8 Å². The molecule has 6 atom stereocenters. The molecule has 0 saturated carbocycles. The highest BCUT2D eigenvalue weighted by Gasteiger charge is 2.30. The molecule has 0 aromatic rings. The smallest absolute Gasteiger partial charge is 0.462 e. The minimum Gasteiger partial charge on any atom is -0.462 e. The summed E-state index contributed by atoms with van der Waals surface area (Å²) >= 11 is 0. The van der Waals surface area contributed by atoms with E-state index in [1.807, 2.05) is 0 Å². The van der Waals surface area contributed by atoms with Gasteiger partial charge < -0.3 is 33.8 Å². The first-order valence-electron chi connectivity index (χ1n) is 41.7. The van der Waals surface area contributed by atoms with E-state index in [2.05, 4.69) is 34.6 Å². The van der Waals surface area contributed by atoms with Crippen LogP contribution in [0.4, 0.5) is 0 Å². The number of hydrogen-bond donors (Lipinski definition) is 3. The molecule has 3 N–H and O–H groups in total. The van der Waals surface area contributed by atoms with Crippen LogP contribution in [0.2, 0.25) is 0 Å². The van der Waals surface area contributed by atoms with E-state index in [1.54, 1.807) is 0 Å². The van der Waals surface area contributed by atoms with Crippen LogP contribution < -0.4 is 0 Å². The second-order valence-electron chi connectivity index (χ2n) is 29.1. The zero-order valence-electron chi connectivity index (χ0n) is 64.6. The van der Waals surface area contributed by atoms with E-state index >= 15 is 0 Å². The summed E-state index contributed by atoms with van der Waals surface area (Å²) in [5.74, 6) is -1.30. The van der Waals surface area contributed by atoms with Crippen LogP contribution in [0.3, 0.4) is 0 Å². The first-order chi connectivity index (χ1) is 48.1. The average molecular weight is 1450 g/mol. The standard InChI is InChI=1S/C80H156O17P2/c1-6-10-13-16-19-22-25-27-29-31-32-34-36-39-45-50-55-60-65-79(84)96-75(70-91-78(83)64-59-54-49-44-38-35-33-30-28-26-23-20-17-14-11-7-2)71-94-98(86,87)92-67-74(81)68-93-99(88,89)95-72-76(69-90-77(82)63-58-53-48-43-37-24-21-18-15-12-8-3)97-80(85)66-61-56-51-46-41-40-42-47-52-57-62-73(5)9-4/h73-76,81H,6-72H2,1-5H3,(H,86,87)(H,88,89)/t73?,74-,75-,76-/m1/s1. The SMILES string of the molecule is CCCCCCCCCCCCCCCCCCCCC(=O)O[C@H](COC(=O)CCCCCCCCCCCCCCCCCC)COP(=O)(O)OC[C@@H](O)COP(=O)(O)OC[C@@H](COC(=O)CCCCCCCCCCCCC)OC(=O)CCCCCCCCCCCCC(C)CC. The molecule has 0 aromatic heterocycles. The summed E-state index contributed by atoms with van der Waals surface area (Å²) in [6.45, 7) is 7.35. The molecule has 0 radical (unpaired) electrons. The third-order valence-electron chi connectivity index (χ3n) is 19.1. The molecular weight excluding hydrogens is 1290 g/mol.